The Morgan fingerprint density at radius 2 is 1.71 bits per heavy atom. The number of nitrogens with one attached hydrogen (secondary N) is 1. The van der Waals surface area contributed by atoms with Crippen LogP contribution in [0.15, 0.2) is 84.3 Å². The fraction of sp³-hybridized carbons (Fsp3) is 0.231. The molecule has 0 aliphatic carbocycles. The number of benzene rings is 2. The molecule has 0 spiro atoms. The van der Waals surface area contributed by atoms with Crippen LogP contribution in [0.25, 0.3) is 10.9 Å². The molecule has 2 atom stereocenters. The second-order valence-corrected chi connectivity index (χ2v) is 8.82. The van der Waals surface area contributed by atoms with Gasteiger partial charge >= 0.3 is 0 Å². The quantitative estimate of drug-likeness (QED) is 0.219. The molecule has 174 valence electrons. The number of aliphatic hydroxyl groups is 1. The van der Waals surface area contributed by atoms with E-state index in [9.17, 15) is 10.3 Å². The Kier molecular flexibility index (Phi) is 6.49. The van der Waals surface area contributed by atoms with Crippen LogP contribution in [0.5, 0.6) is 0 Å². The normalized spacial score (nSPS) is 17.1. The van der Waals surface area contributed by atoms with Crippen LogP contribution < -0.4 is 4.90 Å². The monoisotopic (exact) mass is 475 g/mol. The number of aliphatic hydroxyl groups excluding tert-OH is 1. The number of rotatable bonds is 6. The molecule has 0 unspecified atom stereocenters. The van der Waals surface area contributed by atoms with E-state index in [1.165, 1.54) is 0 Å². The van der Waals surface area contributed by atoms with Crippen molar-refractivity contribution in [3.05, 3.63) is 95.3 Å². The molecule has 0 bridgehead atoms. The molecule has 0 saturated carbocycles. The van der Waals surface area contributed by atoms with Gasteiger partial charge in [-0.3, -0.25) is 4.90 Å². The Balaban J connectivity index is 1.46. The van der Waals surface area contributed by atoms with Gasteiger partial charge < -0.3 is 20.2 Å². The molecule has 0 radical (unpaired) electrons. The fourth-order valence-corrected chi connectivity index (χ4v) is 4.85. The van der Waals surface area contributed by atoms with Crippen LogP contribution in [-0.4, -0.2) is 63.2 Å². The molecule has 1 fully saturated rings. The lowest BCUT2D eigenvalue weighted by atomic mass is 9.92. The largest absolute Gasteiger partial charge is 0.411 e. The summed E-state index contributed by atoms with van der Waals surface area (Å²) in [5.41, 5.74) is 2.73. The van der Waals surface area contributed by atoms with Crippen LogP contribution in [0.3, 0.4) is 0 Å². The lowest BCUT2D eigenvalue weighted by molar-refractivity contribution is 0.0826. The number of fused-ring (bicyclic) bond motifs is 1. The van der Waals surface area contributed by atoms with Crippen molar-refractivity contribution in [2.75, 3.05) is 31.1 Å². The highest BCUT2D eigenvalue weighted by atomic mass is 35.5. The summed E-state index contributed by atoms with van der Waals surface area (Å²) in [5, 5.41) is 26.8. The first-order chi connectivity index (χ1) is 16.7. The zero-order valence-electron chi connectivity index (χ0n) is 18.5. The molecular formula is C26H26ClN5O2. The summed E-state index contributed by atoms with van der Waals surface area (Å²) in [5.74, 6) is 0.946. The van der Waals surface area contributed by atoms with Gasteiger partial charge in [-0.25, -0.2) is 4.98 Å². The lowest BCUT2D eigenvalue weighted by Gasteiger charge is -2.41. The van der Waals surface area contributed by atoms with Gasteiger partial charge in [0.1, 0.15) is 17.6 Å². The molecular weight excluding hydrogens is 450 g/mol. The summed E-state index contributed by atoms with van der Waals surface area (Å²) in [6.07, 6.45) is 2.51. The molecule has 8 heteroatoms. The van der Waals surface area contributed by atoms with Gasteiger partial charge in [-0.2, -0.15) is 0 Å². The zero-order valence-corrected chi connectivity index (χ0v) is 19.3. The molecule has 5 rings (SSSR count). The van der Waals surface area contributed by atoms with Gasteiger partial charge in [0.2, 0.25) is 0 Å². The number of oxime groups is 1. The Hall–Kier alpha value is -3.39. The van der Waals surface area contributed by atoms with Crippen molar-refractivity contribution < 1.29 is 10.3 Å². The van der Waals surface area contributed by atoms with Crippen molar-refractivity contribution in [2.45, 2.75) is 12.1 Å². The molecule has 7 nitrogen and oxygen atoms in total. The predicted octanol–water partition coefficient (Wildman–Crippen LogP) is 4.32. The van der Waals surface area contributed by atoms with E-state index in [1.807, 2.05) is 66.7 Å². The minimum atomic E-state index is -1.06. The van der Waals surface area contributed by atoms with Crippen molar-refractivity contribution in [2.24, 2.45) is 5.16 Å². The van der Waals surface area contributed by atoms with Crippen LogP contribution in [-0.2, 0) is 0 Å². The van der Waals surface area contributed by atoms with E-state index in [-0.39, 0.29) is 5.71 Å². The predicted molar refractivity (Wildman–Crippen MR) is 135 cm³/mol. The van der Waals surface area contributed by atoms with E-state index in [4.69, 9.17) is 11.6 Å². The molecule has 3 N–H and O–H groups in total. The molecule has 3 heterocycles. The molecule has 2 aromatic heterocycles. The maximum absolute atomic E-state index is 11.7. The molecule has 1 saturated heterocycles. The van der Waals surface area contributed by atoms with Crippen LogP contribution in [0.4, 0.5) is 5.82 Å². The average molecular weight is 476 g/mol. The minimum Gasteiger partial charge on any atom is -0.411 e. The van der Waals surface area contributed by atoms with Crippen molar-refractivity contribution in [3.63, 3.8) is 0 Å². The highest BCUT2D eigenvalue weighted by molar-refractivity contribution is 6.30. The third-order valence-corrected chi connectivity index (χ3v) is 6.70. The first-order valence-corrected chi connectivity index (χ1v) is 11.7. The SMILES string of the molecule is O/N=C(/c1c[nH]c2ccccc12)[C@H](O)[C@H](c1ccc(Cl)cc1)N1CCN(c2ccccn2)CC1. The maximum atomic E-state index is 11.7. The number of hydrogen-bond acceptors (Lipinski definition) is 6. The third kappa shape index (κ3) is 4.37. The Morgan fingerprint density at radius 1 is 0.971 bits per heavy atom. The van der Waals surface area contributed by atoms with E-state index < -0.39 is 12.1 Å². The second-order valence-electron chi connectivity index (χ2n) is 8.39. The summed E-state index contributed by atoms with van der Waals surface area (Å²) < 4.78 is 0. The summed E-state index contributed by atoms with van der Waals surface area (Å²) in [4.78, 5) is 12.1. The van der Waals surface area contributed by atoms with Crippen molar-refractivity contribution >= 4 is 34.0 Å². The van der Waals surface area contributed by atoms with Gasteiger partial charge in [0.25, 0.3) is 0 Å². The van der Waals surface area contributed by atoms with E-state index in [1.54, 1.807) is 12.4 Å². The number of hydrogen-bond donors (Lipinski definition) is 3. The number of H-pyrrole nitrogens is 1. The lowest BCUT2D eigenvalue weighted by Crippen LogP contribution is -2.51. The van der Waals surface area contributed by atoms with E-state index in [0.29, 0.717) is 23.7 Å². The van der Waals surface area contributed by atoms with Gasteiger partial charge in [0.05, 0.1) is 6.04 Å². The second kappa shape index (κ2) is 9.85. The number of aromatic nitrogens is 2. The van der Waals surface area contributed by atoms with E-state index in [0.717, 1.165) is 35.4 Å². The Bertz CT molecular complexity index is 1270. The molecule has 4 aromatic rings. The van der Waals surface area contributed by atoms with Gasteiger partial charge in [-0.1, -0.05) is 53.2 Å². The first-order valence-electron chi connectivity index (χ1n) is 11.3. The number of anilines is 1. The molecule has 1 aliphatic rings. The summed E-state index contributed by atoms with van der Waals surface area (Å²) in [6, 6.07) is 20.7. The van der Waals surface area contributed by atoms with Crippen LogP contribution in [0, 0.1) is 0 Å². The first kappa shape index (κ1) is 22.4. The minimum absolute atomic E-state index is 0.226. The number of aromatic amines is 1. The van der Waals surface area contributed by atoms with Gasteiger partial charge in [-0.15, -0.1) is 0 Å². The van der Waals surface area contributed by atoms with Crippen LogP contribution in [0.1, 0.15) is 17.2 Å². The Morgan fingerprint density at radius 3 is 2.41 bits per heavy atom. The molecule has 0 amide bonds. The highest BCUT2D eigenvalue weighted by Crippen LogP contribution is 2.31. The van der Waals surface area contributed by atoms with E-state index in [2.05, 4.69) is 24.9 Å². The van der Waals surface area contributed by atoms with E-state index >= 15 is 0 Å². The van der Waals surface area contributed by atoms with Gasteiger partial charge in [0, 0.05) is 60.1 Å². The van der Waals surface area contributed by atoms with Crippen LogP contribution >= 0.6 is 11.6 Å². The number of para-hydroxylation sites is 1. The molecule has 34 heavy (non-hydrogen) atoms. The molecule has 2 aromatic carbocycles. The Labute approximate surface area is 202 Å². The van der Waals surface area contributed by atoms with Gasteiger partial charge in [0.15, 0.2) is 0 Å². The average Bonchev–Trinajstić information content (AvgIpc) is 3.31. The van der Waals surface area contributed by atoms with Gasteiger partial charge in [-0.05, 0) is 35.9 Å². The third-order valence-electron chi connectivity index (χ3n) is 6.44. The topological polar surface area (TPSA) is 88.0 Å². The molecule has 1 aliphatic heterocycles. The fourth-order valence-electron chi connectivity index (χ4n) is 4.73. The number of nitrogens with zero attached hydrogens (tertiary/aromatic N) is 4. The van der Waals surface area contributed by atoms with Crippen molar-refractivity contribution in [3.8, 4) is 0 Å². The number of halogens is 1. The summed E-state index contributed by atoms with van der Waals surface area (Å²) in [7, 11) is 0. The summed E-state index contributed by atoms with van der Waals surface area (Å²) >= 11 is 6.15. The standard InChI is InChI=1S/C26H26ClN5O2/c27-19-10-8-18(9-11-19)25(32-15-13-31(14-16-32)23-7-3-4-12-28-23)26(33)24(30-34)21-17-29-22-6-2-1-5-20(21)22/h1-12,17,25-26,29,33-34H,13-16H2/b30-24-/t25-,26-/m0/s1. The number of pyridine rings is 1. The maximum Gasteiger partial charge on any atom is 0.128 e. The van der Waals surface area contributed by atoms with Crippen LogP contribution in [0.2, 0.25) is 5.02 Å². The number of piperazine rings is 1. The zero-order chi connectivity index (χ0) is 23.5. The van der Waals surface area contributed by atoms with Crippen molar-refractivity contribution in [1.82, 2.24) is 14.9 Å². The summed E-state index contributed by atoms with van der Waals surface area (Å²) in [6.45, 7) is 2.97. The smallest absolute Gasteiger partial charge is 0.128 e. The highest BCUT2D eigenvalue weighted by Gasteiger charge is 2.35. The van der Waals surface area contributed by atoms with Crippen molar-refractivity contribution in [1.29, 1.82) is 0 Å².